The van der Waals surface area contributed by atoms with Crippen LogP contribution in [0, 0.1) is 0 Å². The molecular weight excluding hydrogens is 176 g/mol. The van der Waals surface area contributed by atoms with Crippen LogP contribution in [0.25, 0.3) is 0 Å². The summed E-state index contributed by atoms with van der Waals surface area (Å²) in [6, 6.07) is 0. The van der Waals surface area contributed by atoms with E-state index in [4.69, 9.17) is 0 Å². The Kier molecular flexibility index (Phi) is 6.55. The van der Waals surface area contributed by atoms with Crippen LogP contribution in [0.15, 0.2) is 5.16 Å². The van der Waals surface area contributed by atoms with Crippen molar-refractivity contribution in [2.45, 2.75) is 20.3 Å². The molecule has 0 saturated heterocycles. The Balaban J connectivity index is 3.60. The fraction of sp³-hybridized carbons (Fsp3) is 0.714. The molecule has 0 aromatic heterocycles. The van der Waals surface area contributed by atoms with Crippen LogP contribution in [0.4, 0.5) is 4.79 Å². The summed E-state index contributed by atoms with van der Waals surface area (Å²) in [5.74, 6) is 0.992. The number of carbonyl (C=O) groups is 1. The van der Waals surface area contributed by atoms with Gasteiger partial charge in [-0.2, -0.15) is 0 Å². The van der Waals surface area contributed by atoms with Crippen LogP contribution in [0.1, 0.15) is 20.3 Å². The minimum atomic E-state index is -0.536. The van der Waals surface area contributed by atoms with Gasteiger partial charge in [0.2, 0.25) is 0 Å². The molecule has 4 nitrogen and oxygen atoms in total. The summed E-state index contributed by atoms with van der Waals surface area (Å²) in [4.78, 5) is 15.0. The van der Waals surface area contributed by atoms with Crippen molar-refractivity contribution in [3.63, 3.8) is 0 Å². The molecule has 12 heavy (non-hydrogen) atoms. The molecule has 0 aromatic carbocycles. The largest absolute Gasteiger partial charge is 0.433 e. The molecule has 0 bridgehead atoms. The van der Waals surface area contributed by atoms with E-state index in [0.29, 0.717) is 0 Å². The molecular formula is C7H14N2O2S. The van der Waals surface area contributed by atoms with Gasteiger partial charge in [0.25, 0.3) is 0 Å². The minimum Gasteiger partial charge on any atom is -0.323 e. The van der Waals surface area contributed by atoms with Crippen molar-refractivity contribution >= 4 is 22.9 Å². The normalized spacial score (nSPS) is 11.1. The van der Waals surface area contributed by atoms with Crippen molar-refractivity contribution in [1.29, 1.82) is 0 Å². The van der Waals surface area contributed by atoms with Crippen molar-refractivity contribution in [3.8, 4) is 0 Å². The predicted octanol–water partition coefficient (Wildman–Crippen LogP) is 1.82. The van der Waals surface area contributed by atoms with E-state index in [1.807, 2.05) is 6.92 Å². The van der Waals surface area contributed by atoms with Gasteiger partial charge in [-0.25, -0.2) is 4.79 Å². The number of hydrogen-bond donors (Lipinski definition) is 1. The second-order valence-electron chi connectivity index (χ2n) is 2.09. The van der Waals surface area contributed by atoms with Crippen LogP contribution < -0.4 is 5.32 Å². The summed E-state index contributed by atoms with van der Waals surface area (Å²) in [5, 5.41) is 6.66. The SMILES string of the molecule is CCCS/C(C)=N/OC(=O)NC. The Morgan fingerprint density at radius 2 is 2.33 bits per heavy atom. The summed E-state index contributed by atoms with van der Waals surface area (Å²) in [6.45, 7) is 3.89. The van der Waals surface area contributed by atoms with Gasteiger partial charge in [0.15, 0.2) is 0 Å². The van der Waals surface area contributed by atoms with E-state index in [1.165, 1.54) is 7.05 Å². The number of nitrogens with zero attached hydrogens (tertiary/aromatic N) is 1. The van der Waals surface area contributed by atoms with E-state index in [-0.39, 0.29) is 0 Å². The molecule has 0 radical (unpaired) electrons. The summed E-state index contributed by atoms with van der Waals surface area (Å²) in [5.41, 5.74) is 0. The monoisotopic (exact) mass is 190 g/mol. The summed E-state index contributed by atoms with van der Waals surface area (Å²) in [6.07, 6.45) is 0.545. The number of carbonyl (C=O) groups excluding carboxylic acids is 1. The van der Waals surface area contributed by atoms with Gasteiger partial charge < -0.3 is 5.32 Å². The highest BCUT2D eigenvalue weighted by molar-refractivity contribution is 8.13. The summed E-state index contributed by atoms with van der Waals surface area (Å²) < 4.78 is 0. The number of nitrogens with one attached hydrogen (secondary N) is 1. The lowest BCUT2D eigenvalue weighted by Gasteiger charge is -1.98. The fourth-order valence-electron chi connectivity index (χ4n) is 0.427. The Labute approximate surface area is 76.7 Å². The molecule has 0 atom stereocenters. The second-order valence-corrected chi connectivity index (χ2v) is 3.38. The molecule has 0 saturated carbocycles. The quantitative estimate of drug-likeness (QED) is 0.319. The lowest BCUT2D eigenvalue weighted by atomic mass is 10.6. The highest BCUT2D eigenvalue weighted by Crippen LogP contribution is 2.05. The number of thioether (sulfide) groups is 1. The van der Waals surface area contributed by atoms with Gasteiger partial charge in [-0.05, 0) is 19.1 Å². The average Bonchev–Trinajstić information content (AvgIpc) is 2.10. The number of oxime groups is 1. The van der Waals surface area contributed by atoms with Crippen LogP contribution in [0.2, 0.25) is 0 Å². The first kappa shape index (κ1) is 11.3. The van der Waals surface area contributed by atoms with Crippen molar-refractivity contribution in [2.24, 2.45) is 5.16 Å². The molecule has 5 heteroatoms. The van der Waals surface area contributed by atoms with E-state index < -0.39 is 6.09 Å². The summed E-state index contributed by atoms with van der Waals surface area (Å²) >= 11 is 1.57. The van der Waals surface area contributed by atoms with Gasteiger partial charge in [0.05, 0.1) is 0 Å². The molecule has 1 N–H and O–H groups in total. The lowest BCUT2D eigenvalue weighted by Crippen LogP contribution is -2.17. The average molecular weight is 190 g/mol. The van der Waals surface area contributed by atoms with Crippen LogP contribution in [0.3, 0.4) is 0 Å². The number of amides is 1. The third-order valence-corrected chi connectivity index (χ3v) is 2.08. The molecule has 0 rings (SSSR count). The van der Waals surface area contributed by atoms with Gasteiger partial charge >= 0.3 is 6.09 Å². The molecule has 0 aliphatic heterocycles. The van der Waals surface area contributed by atoms with Gasteiger partial charge in [-0.15, -0.1) is 11.8 Å². The molecule has 0 fully saturated rings. The Hall–Kier alpha value is -0.710. The Morgan fingerprint density at radius 3 is 2.83 bits per heavy atom. The third-order valence-electron chi connectivity index (χ3n) is 0.976. The highest BCUT2D eigenvalue weighted by Gasteiger charge is 1.96. The maximum absolute atomic E-state index is 10.5. The van der Waals surface area contributed by atoms with Gasteiger partial charge in [0, 0.05) is 7.05 Å². The predicted molar refractivity (Wildman–Crippen MR) is 51.4 cm³/mol. The van der Waals surface area contributed by atoms with Crippen LogP contribution in [-0.4, -0.2) is 23.9 Å². The van der Waals surface area contributed by atoms with Crippen molar-refractivity contribution in [1.82, 2.24) is 5.32 Å². The van der Waals surface area contributed by atoms with E-state index in [0.717, 1.165) is 17.2 Å². The zero-order valence-corrected chi connectivity index (χ0v) is 8.40. The molecule has 0 aliphatic rings. The molecule has 0 unspecified atom stereocenters. The maximum atomic E-state index is 10.5. The number of rotatable bonds is 3. The molecule has 0 aromatic rings. The van der Waals surface area contributed by atoms with Crippen LogP contribution in [-0.2, 0) is 4.84 Å². The van der Waals surface area contributed by atoms with E-state index in [9.17, 15) is 4.79 Å². The van der Waals surface area contributed by atoms with Crippen molar-refractivity contribution in [2.75, 3.05) is 12.8 Å². The lowest BCUT2D eigenvalue weighted by molar-refractivity contribution is 0.153. The van der Waals surface area contributed by atoms with E-state index in [2.05, 4.69) is 22.2 Å². The molecule has 0 aliphatic carbocycles. The first-order valence-corrected chi connectivity index (χ1v) is 4.75. The van der Waals surface area contributed by atoms with Crippen molar-refractivity contribution in [3.05, 3.63) is 0 Å². The zero-order valence-electron chi connectivity index (χ0n) is 7.59. The second kappa shape index (κ2) is 6.97. The van der Waals surface area contributed by atoms with Crippen LogP contribution >= 0.6 is 11.8 Å². The smallest absolute Gasteiger partial charge is 0.323 e. The molecule has 1 amide bonds. The summed E-state index contributed by atoms with van der Waals surface area (Å²) in [7, 11) is 1.49. The fourth-order valence-corrected chi connectivity index (χ4v) is 1.02. The Bertz CT molecular complexity index is 171. The first-order valence-electron chi connectivity index (χ1n) is 3.76. The first-order chi connectivity index (χ1) is 5.70. The minimum absolute atomic E-state index is 0.536. The van der Waals surface area contributed by atoms with Gasteiger partial charge in [-0.3, -0.25) is 4.84 Å². The zero-order chi connectivity index (χ0) is 9.40. The maximum Gasteiger partial charge on any atom is 0.433 e. The standard InChI is InChI=1S/C7H14N2O2S/c1-4-5-12-6(2)9-11-7(10)8-3/h4-5H2,1-3H3,(H,8,10)/b9-6+. The molecule has 0 spiro atoms. The highest BCUT2D eigenvalue weighted by atomic mass is 32.2. The molecule has 70 valence electrons. The third kappa shape index (κ3) is 6.03. The van der Waals surface area contributed by atoms with Gasteiger partial charge in [0.1, 0.15) is 5.04 Å². The van der Waals surface area contributed by atoms with Crippen molar-refractivity contribution < 1.29 is 9.63 Å². The molecule has 0 heterocycles. The van der Waals surface area contributed by atoms with E-state index in [1.54, 1.807) is 11.8 Å². The Morgan fingerprint density at radius 1 is 1.67 bits per heavy atom. The number of hydrogen-bond acceptors (Lipinski definition) is 4. The topological polar surface area (TPSA) is 50.7 Å². The van der Waals surface area contributed by atoms with Gasteiger partial charge in [-0.1, -0.05) is 12.1 Å². The van der Waals surface area contributed by atoms with E-state index >= 15 is 0 Å². The van der Waals surface area contributed by atoms with Crippen LogP contribution in [0.5, 0.6) is 0 Å².